The Morgan fingerprint density at radius 2 is 1.64 bits per heavy atom. The summed E-state index contributed by atoms with van der Waals surface area (Å²) >= 11 is 9.72. The van der Waals surface area contributed by atoms with Crippen LogP contribution in [0.3, 0.4) is 0 Å². The maximum absolute atomic E-state index is 2.42. The molecule has 0 spiro atoms. The summed E-state index contributed by atoms with van der Waals surface area (Å²) in [7, 11) is 0. The lowest BCUT2D eigenvalue weighted by Gasteiger charge is -2.09. The minimum Gasteiger partial charge on any atom is -0.144 e. The Balaban J connectivity index is 1.29. The molecular formula is C23H20S5. The molecule has 5 rings (SSSR count). The summed E-state index contributed by atoms with van der Waals surface area (Å²) in [5, 5.41) is 2.67. The van der Waals surface area contributed by atoms with E-state index in [1.807, 2.05) is 57.5 Å². The molecule has 2 atom stereocenters. The van der Waals surface area contributed by atoms with E-state index in [0.29, 0.717) is 11.2 Å². The van der Waals surface area contributed by atoms with Gasteiger partial charge in [0.15, 0.2) is 0 Å². The Bertz CT molecular complexity index is 1060. The molecule has 0 amide bonds. The van der Waals surface area contributed by atoms with E-state index in [0.717, 1.165) is 6.42 Å². The molecule has 0 aliphatic carbocycles. The molecular weight excluding hydrogens is 437 g/mol. The van der Waals surface area contributed by atoms with E-state index >= 15 is 0 Å². The van der Waals surface area contributed by atoms with Gasteiger partial charge in [-0.2, -0.15) is 0 Å². The Labute approximate surface area is 187 Å². The minimum absolute atomic E-state index is 0.484. The summed E-state index contributed by atoms with van der Waals surface area (Å²) in [5.41, 5.74) is 0. The standard InChI is InChI=1S/C23H20S5/c1-15-12-23(25-14-15)22-10-9-21(28-22)20-8-6-17(27-20)13-16-5-7-19(26-16)18-4-2-3-11-24-18/h2-12,15,18H,13-14H2,1H3. The average Bonchev–Trinajstić information content (AvgIpc) is 3.50. The van der Waals surface area contributed by atoms with Crippen molar-refractivity contribution < 1.29 is 0 Å². The average molecular weight is 457 g/mol. The van der Waals surface area contributed by atoms with Crippen molar-refractivity contribution in [3.63, 3.8) is 0 Å². The van der Waals surface area contributed by atoms with E-state index in [9.17, 15) is 0 Å². The number of hydrogen-bond donors (Lipinski definition) is 0. The number of thioether (sulfide) groups is 2. The van der Waals surface area contributed by atoms with E-state index in [1.165, 1.54) is 39.9 Å². The van der Waals surface area contributed by atoms with Crippen molar-refractivity contribution in [1.29, 1.82) is 0 Å². The molecule has 0 saturated heterocycles. The second-order valence-corrected chi connectivity index (χ2v) is 12.6. The Kier molecular flexibility index (Phi) is 5.71. The monoisotopic (exact) mass is 456 g/mol. The molecule has 0 N–H and O–H groups in total. The zero-order valence-electron chi connectivity index (χ0n) is 15.5. The lowest BCUT2D eigenvalue weighted by Crippen LogP contribution is -1.85. The minimum atomic E-state index is 0.484. The SMILES string of the molecule is CC1C=C(c2ccc(-c3ccc(Cc4ccc(C5C=CC=CS5)s4)s3)s2)SC1. The molecule has 2 unspecified atom stereocenters. The van der Waals surface area contributed by atoms with Crippen molar-refractivity contribution >= 4 is 62.4 Å². The van der Waals surface area contributed by atoms with Gasteiger partial charge in [0.05, 0.1) is 5.25 Å². The molecule has 0 bridgehead atoms. The first-order chi connectivity index (χ1) is 13.7. The van der Waals surface area contributed by atoms with Crippen LogP contribution >= 0.6 is 57.5 Å². The molecule has 142 valence electrons. The first-order valence-corrected chi connectivity index (χ1v) is 13.7. The third-order valence-electron chi connectivity index (χ3n) is 4.70. The van der Waals surface area contributed by atoms with Gasteiger partial charge in [-0.05, 0) is 47.7 Å². The lowest BCUT2D eigenvalue weighted by molar-refractivity contribution is 0.862. The third kappa shape index (κ3) is 4.14. The van der Waals surface area contributed by atoms with Crippen LogP contribution in [0.25, 0.3) is 14.7 Å². The maximum Gasteiger partial charge on any atom is 0.0615 e. The van der Waals surface area contributed by atoms with Crippen LogP contribution in [0.2, 0.25) is 0 Å². The van der Waals surface area contributed by atoms with Crippen LogP contribution in [-0.4, -0.2) is 5.75 Å². The Morgan fingerprint density at radius 3 is 2.46 bits per heavy atom. The fourth-order valence-electron chi connectivity index (χ4n) is 3.30. The fraction of sp³-hybridized carbons (Fsp3) is 0.217. The predicted octanol–water partition coefficient (Wildman–Crippen LogP) is 8.71. The molecule has 3 aromatic rings. The van der Waals surface area contributed by atoms with Crippen molar-refractivity contribution in [2.75, 3.05) is 5.75 Å². The molecule has 5 heteroatoms. The zero-order chi connectivity index (χ0) is 18.9. The smallest absolute Gasteiger partial charge is 0.0615 e. The molecule has 5 heterocycles. The van der Waals surface area contributed by atoms with Gasteiger partial charge in [0.2, 0.25) is 0 Å². The van der Waals surface area contributed by atoms with Gasteiger partial charge in [-0.15, -0.1) is 57.5 Å². The van der Waals surface area contributed by atoms with Gasteiger partial charge in [0.1, 0.15) is 0 Å². The highest BCUT2D eigenvalue weighted by molar-refractivity contribution is 8.08. The molecule has 3 aromatic heterocycles. The highest BCUT2D eigenvalue weighted by atomic mass is 32.2. The summed E-state index contributed by atoms with van der Waals surface area (Å²) in [6, 6.07) is 13.8. The Morgan fingerprint density at radius 1 is 0.857 bits per heavy atom. The van der Waals surface area contributed by atoms with E-state index in [1.54, 1.807) is 0 Å². The molecule has 2 aliphatic heterocycles. The summed E-state index contributed by atoms with van der Waals surface area (Å²) in [4.78, 5) is 10.1. The topological polar surface area (TPSA) is 0 Å². The van der Waals surface area contributed by atoms with Gasteiger partial charge in [0.25, 0.3) is 0 Å². The molecule has 2 aliphatic rings. The summed E-state index contributed by atoms with van der Waals surface area (Å²) < 4.78 is 0. The number of allylic oxidation sites excluding steroid dienone is 3. The summed E-state index contributed by atoms with van der Waals surface area (Å²) in [6.07, 6.45) is 10.0. The van der Waals surface area contributed by atoms with Crippen molar-refractivity contribution in [3.8, 4) is 9.75 Å². The van der Waals surface area contributed by atoms with Gasteiger partial charge in [-0.1, -0.05) is 31.2 Å². The number of rotatable bonds is 5. The quantitative estimate of drug-likeness (QED) is 0.376. The van der Waals surface area contributed by atoms with E-state index in [-0.39, 0.29) is 0 Å². The largest absolute Gasteiger partial charge is 0.144 e. The van der Waals surface area contributed by atoms with Crippen LogP contribution in [-0.2, 0) is 6.42 Å². The van der Waals surface area contributed by atoms with Crippen molar-refractivity contribution in [1.82, 2.24) is 0 Å². The normalized spacial score (nSPS) is 21.4. The zero-order valence-corrected chi connectivity index (χ0v) is 19.5. The molecule has 0 radical (unpaired) electrons. The number of hydrogen-bond acceptors (Lipinski definition) is 5. The van der Waals surface area contributed by atoms with Crippen molar-refractivity contribution in [3.05, 3.63) is 85.6 Å². The van der Waals surface area contributed by atoms with Gasteiger partial charge < -0.3 is 0 Å². The molecule has 0 nitrogen and oxygen atoms in total. The van der Waals surface area contributed by atoms with Crippen LogP contribution in [0.1, 0.15) is 31.7 Å². The first kappa shape index (κ1) is 19.0. The summed E-state index contributed by atoms with van der Waals surface area (Å²) in [5.74, 6) is 1.92. The van der Waals surface area contributed by atoms with Crippen molar-refractivity contribution in [2.24, 2.45) is 5.92 Å². The third-order valence-corrected chi connectivity index (χ3v) is 10.9. The van der Waals surface area contributed by atoms with Crippen LogP contribution in [0, 0.1) is 5.92 Å². The summed E-state index contributed by atoms with van der Waals surface area (Å²) in [6.45, 7) is 2.30. The van der Waals surface area contributed by atoms with Gasteiger partial charge in [-0.25, -0.2) is 0 Å². The first-order valence-electron chi connectivity index (χ1n) is 9.36. The second-order valence-electron chi connectivity index (χ2n) is 7.00. The second kappa shape index (κ2) is 8.41. The van der Waals surface area contributed by atoms with E-state index in [2.05, 4.69) is 73.0 Å². The van der Waals surface area contributed by atoms with Gasteiger partial charge in [0, 0.05) is 46.3 Å². The van der Waals surface area contributed by atoms with Crippen LogP contribution < -0.4 is 0 Å². The highest BCUT2D eigenvalue weighted by Crippen LogP contribution is 2.43. The van der Waals surface area contributed by atoms with Crippen molar-refractivity contribution in [2.45, 2.75) is 18.6 Å². The van der Waals surface area contributed by atoms with Gasteiger partial charge in [-0.3, -0.25) is 0 Å². The van der Waals surface area contributed by atoms with E-state index < -0.39 is 0 Å². The Hall–Kier alpha value is -0.980. The fourth-order valence-corrected chi connectivity index (χ4v) is 8.87. The highest BCUT2D eigenvalue weighted by Gasteiger charge is 2.17. The van der Waals surface area contributed by atoms with Crippen LogP contribution in [0.15, 0.2) is 66.1 Å². The maximum atomic E-state index is 2.42. The number of thiophene rings is 3. The predicted molar refractivity (Wildman–Crippen MR) is 133 cm³/mol. The van der Waals surface area contributed by atoms with Crippen LogP contribution in [0.4, 0.5) is 0 Å². The lowest BCUT2D eigenvalue weighted by atomic mass is 10.2. The molecule has 0 aromatic carbocycles. The van der Waals surface area contributed by atoms with Gasteiger partial charge >= 0.3 is 0 Å². The van der Waals surface area contributed by atoms with E-state index in [4.69, 9.17) is 0 Å². The molecule has 0 fully saturated rings. The molecule has 0 saturated carbocycles. The van der Waals surface area contributed by atoms with Crippen LogP contribution in [0.5, 0.6) is 0 Å². The molecule has 28 heavy (non-hydrogen) atoms.